The molecule has 0 saturated heterocycles. The van der Waals surface area contributed by atoms with Crippen molar-refractivity contribution in [1.29, 1.82) is 0 Å². The number of amides is 1. The maximum atomic E-state index is 12.6. The summed E-state index contributed by atoms with van der Waals surface area (Å²) in [6.07, 6.45) is 7.19. The molecule has 116 valence electrons. The average Bonchev–Trinajstić information content (AvgIpc) is 2.46. The SMILES string of the molecule is CCOCCCN(CCC(N)=S)C(=O)C1CCCCC1. The fourth-order valence-corrected chi connectivity index (χ4v) is 2.78. The molecule has 1 rings (SSSR count). The molecule has 1 saturated carbocycles. The molecule has 4 nitrogen and oxygen atoms in total. The number of carbonyl (C=O) groups excluding carboxylic acids is 1. The first-order chi connectivity index (χ1) is 9.65. The lowest BCUT2D eigenvalue weighted by Gasteiger charge is -2.29. The Bertz CT molecular complexity index is 304. The Morgan fingerprint density at radius 2 is 2.00 bits per heavy atom. The lowest BCUT2D eigenvalue weighted by Crippen LogP contribution is -2.39. The minimum Gasteiger partial charge on any atom is -0.393 e. The topological polar surface area (TPSA) is 55.6 Å². The highest BCUT2D eigenvalue weighted by atomic mass is 32.1. The standard InChI is InChI=1S/C15H28N2O2S/c1-2-19-12-6-10-17(11-9-14(16)20)15(18)13-7-4-3-5-8-13/h13H,2-12H2,1H3,(H2,16,20). The van der Waals surface area contributed by atoms with Crippen LogP contribution in [0.5, 0.6) is 0 Å². The molecule has 1 aliphatic rings. The Morgan fingerprint density at radius 1 is 1.30 bits per heavy atom. The van der Waals surface area contributed by atoms with Crippen molar-refractivity contribution in [3.63, 3.8) is 0 Å². The molecule has 0 radical (unpaired) electrons. The summed E-state index contributed by atoms with van der Waals surface area (Å²) >= 11 is 4.93. The van der Waals surface area contributed by atoms with Crippen LogP contribution in [0.2, 0.25) is 0 Å². The molecule has 0 unspecified atom stereocenters. The van der Waals surface area contributed by atoms with E-state index in [1.54, 1.807) is 0 Å². The molecule has 1 amide bonds. The van der Waals surface area contributed by atoms with Gasteiger partial charge in [0.1, 0.15) is 0 Å². The van der Waals surface area contributed by atoms with E-state index in [0.717, 1.165) is 32.4 Å². The van der Waals surface area contributed by atoms with E-state index >= 15 is 0 Å². The number of nitrogens with zero attached hydrogens (tertiary/aromatic N) is 1. The third-order valence-electron chi connectivity index (χ3n) is 3.82. The van der Waals surface area contributed by atoms with Gasteiger partial charge in [-0.2, -0.15) is 0 Å². The van der Waals surface area contributed by atoms with Crippen molar-refractivity contribution in [2.24, 2.45) is 11.7 Å². The Morgan fingerprint density at radius 3 is 2.60 bits per heavy atom. The molecule has 0 aromatic carbocycles. The van der Waals surface area contributed by atoms with Crippen molar-refractivity contribution in [2.45, 2.75) is 51.9 Å². The number of hydrogen-bond donors (Lipinski definition) is 1. The molecule has 2 N–H and O–H groups in total. The molecular weight excluding hydrogens is 272 g/mol. The van der Waals surface area contributed by atoms with Gasteiger partial charge in [-0.05, 0) is 26.2 Å². The summed E-state index contributed by atoms with van der Waals surface area (Å²) in [6.45, 7) is 4.81. The van der Waals surface area contributed by atoms with Crippen LogP contribution in [0.3, 0.4) is 0 Å². The molecule has 0 aliphatic heterocycles. The zero-order chi connectivity index (χ0) is 14.8. The number of thiocarbonyl (C=S) groups is 1. The van der Waals surface area contributed by atoms with Crippen LogP contribution in [-0.2, 0) is 9.53 Å². The van der Waals surface area contributed by atoms with Crippen LogP contribution in [0, 0.1) is 5.92 Å². The first kappa shape index (κ1) is 17.4. The molecule has 0 bridgehead atoms. The van der Waals surface area contributed by atoms with Gasteiger partial charge >= 0.3 is 0 Å². The predicted molar refractivity (Wildman–Crippen MR) is 85.7 cm³/mol. The first-order valence-corrected chi connectivity index (χ1v) is 8.20. The highest BCUT2D eigenvalue weighted by molar-refractivity contribution is 7.80. The second-order valence-corrected chi connectivity index (χ2v) is 5.95. The highest BCUT2D eigenvalue weighted by Gasteiger charge is 2.25. The number of carbonyl (C=O) groups is 1. The number of rotatable bonds is 9. The monoisotopic (exact) mass is 300 g/mol. The Kier molecular flexibility index (Phi) is 8.78. The maximum Gasteiger partial charge on any atom is 0.225 e. The smallest absolute Gasteiger partial charge is 0.225 e. The van der Waals surface area contributed by atoms with Gasteiger partial charge in [-0.1, -0.05) is 31.5 Å². The fourth-order valence-electron chi connectivity index (χ4n) is 2.69. The molecule has 0 heterocycles. The van der Waals surface area contributed by atoms with Crippen molar-refractivity contribution in [3.05, 3.63) is 0 Å². The van der Waals surface area contributed by atoms with Gasteiger partial charge in [0, 0.05) is 38.6 Å². The van der Waals surface area contributed by atoms with E-state index in [1.165, 1.54) is 19.3 Å². The van der Waals surface area contributed by atoms with Crippen LogP contribution in [0.4, 0.5) is 0 Å². The van der Waals surface area contributed by atoms with Gasteiger partial charge in [0.15, 0.2) is 0 Å². The van der Waals surface area contributed by atoms with E-state index in [2.05, 4.69) is 0 Å². The third kappa shape index (κ3) is 6.66. The number of nitrogens with two attached hydrogens (primary N) is 1. The van der Waals surface area contributed by atoms with Crippen LogP contribution in [0.15, 0.2) is 0 Å². The lowest BCUT2D eigenvalue weighted by atomic mass is 9.88. The van der Waals surface area contributed by atoms with Crippen LogP contribution >= 0.6 is 12.2 Å². The van der Waals surface area contributed by atoms with Crippen molar-refractivity contribution >= 4 is 23.1 Å². The second kappa shape index (κ2) is 10.1. The number of ether oxygens (including phenoxy) is 1. The van der Waals surface area contributed by atoms with Gasteiger partial charge in [0.2, 0.25) is 5.91 Å². The molecule has 0 spiro atoms. The van der Waals surface area contributed by atoms with Crippen molar-refractivity contribution in [1.82, 2.24) is 4.90 Å². The Hall–Kier alpha value is -0.680. The largest absolute Gasteiger partial charge is 0.393 e. The molecule has 1 aliphatic carbocycles. The van der Waals surface area contributed by atoms with Gasteiger partial charge in [0.05, 0.1) is 4.99 Å². The molecule has 0 aromatic heterocycles. The van der Waals surface area contributed by atoms with Crippen LogP contribution in [-0.4, -0.2) is 42.1 Å². The molecule has 0 atom stereocenters. The van der Waals surface area contributed by atoms with Gasteiger partial charge < -0.3 is 15.4 Å². The summed E-state index contributed by atoms with van der Waals surface area (Å²) in [5.41, 5.74) is 5.56. The van der Waals surface area contributed by atoms with Crippen LogP contribution in [0.25, 0.3) is 0 Å². The molecule has 20 heavy (non-hydrogen) atoms. The number of hydrogen-bond acceptors (Lipinski definition) is 3. The second-order valence-electron chi connectivity index (χ2n) is 5.43. The summed E-state index contributed by atoms with van der Waals surface area (Å²) in [6, 6.07) is 0. The summed E-state index contributed by atoms with van der Waals surface area (Å²) in [4.78, 5) is 15.0. The van der Waals surface area contributed by atoms with E-state index in [0.29, 0.717) is 24.6 Å². The molecular formula is C15H28N2O2S. The van der Waals surface area contributed by atoms with Gasteiger partial charge in [-0.3, -0.25) is 4.79 Å². The maximum absolute atomic E-state index is 12.6. The lowest BCUT2D eigenvalue weighted by molar-refractivity contribution is -0.136. The fraction of sp³-hybridized carbons (Fsp3) is 0.867. The van der Waals surface area contributed by atoms with Crippen molar-refractivity contribution < 1.29 is 9.53 Å². The quantitative estimate of drug-likeness (QED) is 0.525. The summed E-state index contributed by atoms with van der Waals surface area (Å²) in [5.74, 6) is 0.500. The van der Waals surface area contributed by atoms with Crippen molar-refractivity contribution in [2.75, 3.05) is 26.3 Å². The molecule has 5 heteroatoms. The minimum atomic E-state index is 0.210. The van der Waals surface area contributed by atoms with Crippen LogP contribution < -0.4 is 5.73 Å². The predicted octanol–water partition coefficient (Wildman–Crippen LogP) is 2.50. The molecule has 1 fully saturated rings. The zero-order valence-electron chi connectivity index (χ0n) is 12.6. The third-order valence-corrected chi connectivity index (χ3v) is 4.02. The Labute approximate surface area is 128 Å². The summed E-state index contributed by atoms with van der Waals surface area (Å²) < 4.78 is 5.35. The normalized spacial score (nSPS) is 16.1. The average molecular weight is 300 g/mol. The van der Waals surface area contributed by atoms with Crippen LogP contribution in [0.1, 0.15) is 51.9 Å². The van der Waals surface area contributed by atoms with Gasteiger partial charge in [-0.25, -0.2) is 0 Å². The van der Waals surface area contributed by atoms with E-state index in [9.17, 15) is 4.79 Å². The summed E-state index contributed by atoms with van der Waals surface area (Å²) in [5, 5.41) is 0. The minimum absolute atomic E-state index is 0.210. The zero-order valence-corrected chi connectivity index (χ0v) is 13.4. The van der Waals surface area contributed by atoms with Gasteiger partial charge in [0.25, 0.3) is 0 Å². The van der Waals surface area contributed by atoms with E-state index in [4.69, 9.17) is 22.7 Å². The summed E-state index contributed by atoms with van der Waals surface area (Å²) in [7, 11) is 0. The first-order valence-electron chi connectivity index (χ1n) is 7.80. The van der Waals surface area contributed by atoms with Gasteiger partial charge in [-0.15, -0.1) is 0 Å². The molecule has 0 aromatic rings. The van der Waals surface area contributed by atoms with E-state index in [-0.39, 0.29) is 11.8 Å². The highest BCUT2D eigenvalue weighted by Crippen LogP contribution is 2.25. The van der Waals surface area contributed by atoms with E-state index in [1.807, 2.05) is 11.8 Å². The Balaban J connectivity index is 2.45. The van der Waals surface area contributed by atoms with Crippen molar-refractivity contribution in [3.8, 4) is 0 Å². The van der Waals surface area contributed by atoms with E-state index < -0.39 is 0 Å².